The zero-order valence-electron chi connectivity index (χ0n) is 13.8. The fourth-order valence-corrected chi connectivity index (χ4v) is 3.76. The van der Waals surface area contributed by atoms with Crippen LogP contribution in [0.15, 0.2) is 43.0 Å². The number of para-hydroxylation sites is 2. The van der Waals surface area contributed by atoms with Crippen molar-refractivity contribution in [2.24, 2.45) is 13.0 Å². The topological polar surface area (TPSA) is 67.9 Å². The Morgan fingerprint density at radius 1 is 1.29 bits per heavy atom. The second kappa shape index (κ2) is 6.37. The smallest absolute Gasteiger partial charge is 0.123 e. The lowest BCUT2D eigenvalue weighted by Crippen LogP contribution is -2.35. The molecule has 0 aliphatic heterocycles. The van der Waals surface area contributed by atoms with Crippen LogP contribution in [0.4, 0.5) is 0 Å². The Bertz CT molecular complexity index is 810. The molecule has 0 radical (unpaired) electrons. The highest BCUT2D eigenvalue weighted by molar-refractivity contribution is 5.75. The van der Waals surface area contributed by atoms with Crippen molar-refractivity contribution in [1.29, 1.82) is 0 Å². The lowest BCUT2D eigenvalue weighted by Gasteiger charge is -2.16. The molecule has 3 atom stereocenters. The maximum Gasteiger partial charge on any atom is 0.123 e. The van der Waals surface area contributed by atoms with Gasteiger partial charge in [0.1, 0.15) is 5.82 Å². The molecule has 4 rings (SSSR count). The molecule has 1 saturated carbocycles. The van der Waals surface area contributed by atoms with Gasteiger partial charge >= 0.3 is 0 Å². The van der Waals surface area contributed by atoms with Gasteiger partial charge < -0.3 is 19.6 Å². The summed E-state index contributed by atoms with van der Waals surface area (Å²) in [4.78, 5) is 8.77. The first-order chi connectivity index (χ1) is 11.7. The minimum absolute atomic E-state index is 0.123. The quantitative estimate of drug-likeness (QED) is 0.749. The number of aliphatic hydroxyl groups excluding tert-OH is 1. The van der Waals surface area contributed by atoms with Crippen LogP contribution in [0.1, 0.15) is 18.7 Å². The van der Waals surface area contributed by atoms with Gasteiger partial charge in [-0.3, -0.25) is 0 Å². The van der Waals surface area contributed by atoms with E-state index >= 15 is 0 Å². The largest absolute Gasteiger partial charge is 0.391 e. The van der Waals surface area contributed by atoms with Crippen LogP contribution >= 0.6 is 0 Å². The van der Waals surface area contributed by atoms with Crippen LogP contribution in [0.5, 0.6) is 0 Å². The fraction of sp³-hybridized carbons (Fsp3) is 0.444. The Morgan fingerprint density at radius 2 is 2.17 bits per heavy atom. The first kappa shape index (κ1) is 15.4. The molecule has 6 heteroatoms. The number of hydrogen-bond acceptors (Lipinski definition) is 4. The van der Waals surface area contributed by atoms with Crippen LogP contribution < -0.4 is 5.32 Å². The van der Waals surface area contributed by atoms with Gasteiger partial charge in [-0.25, -0.2) is 9.97 Å². The first-order valence-electron chi connectivity index (χ1n) is 8.48. The summed E-state index contributed by atoms with van der Waals surface area (Å²) in [6.07, 6.45) is 7.13. The lowest BCUT2D eigenvalue weighted by molar-refractivity contribution is 0.145. The molecule has 1 aliphatic carbocycles. The van der Waals surface area contributed by atoms with Gasteiger partial charge in [-0.15, -0.1) is 0 Å². The Balaban J connectivity index is 1.39. The predicted molar refractivity (Wildman–Crippen MR) is 92.3 cm³/mol. The zero-order chi connectivity index (χ0) is 16.5. The minimum atomic E-state index is -0.298. The van der Waals surface area contributed by atoms with E-state index in [0.717, 1.165) is 36.2 Å². The highest BCUT2D eigenvalue weighted by atomic mass is 16.3. The molecule has 2 N–H and O–H groups in total. The molecule has 3 aromatic rings. The van der Waals surface area contributed by atoms with E-state index in [1.165, 1.54) is 0 Å². The molecule has 24 heavy (non-hydrogen) atoms. The summed E-state index contributed by atoms with van der Waals surface area (Å²) < 4.78 is 4.21. The molecule has 1 fully saturated rings. The standard InChI is InChI=1S/C18H23N5O/c1-22-16-5-3-2-4-14(16)21-18(22)10-20-15-8-13(9-17(15)24)11-23-7-6-19-12-23/h2-7,12-13,15,17,20,24H,8-11H2,1H3/t13?,15-,17-/m1/s1. The van der Waals surface area contributed by atoms with Crippen LogP contribution in [0.3, 0.4) is 0 Å². The molecule has 1 unspecified atom stereocenters. The maximum absolute atomic E-state index is 10.4. The molecular weight excluding hydrogens is 302 g/mol. The number of aromatic nitrogens is 4. The average Bonchev–Trinajstić information content (AvgIpc) is 3.28. The number of aryl methyl sites for hydroxylation is 1. The molecule has 6 nitrogen and oxygen atoms in total. The number of nitrogens with one attached hydrogen (secondary N) is 1. The summed E-state index contributed by atoms with van der Waals surface area (Å²) in [5.41, 5.74) is 2.15. The zero-order valence-corrected chi connectivity index (χ0v) is 13.8. The van der Waals surface area contributed by atoms with Crippen molar-refractivity contribution in [1.82, 2.24) is 24.4 Å². The Hall–Kier alpha value is -2.18. The van der Waals surface area contributed by atoms with Gasteiger partial charge in [-0.05, 0) is 30.9 Å². The minimum Gasteiger partial charge on any atom is -0.391 e. The van der Waals surface area contributed by atoms with Crippen molar-refractivity contribution < 1.29 is 5.11 Å². The van der Waals surface area contributed by atoms with E-state index in [0.29, 0.717) is 12.5 Å². The first-order valence-corrected chi connectivity index (χ1v) is 8.48. The molecule has 0 amide bonds. The summed E-state index contributed by atoms with van der Waals surface area (Å²) in [7, 11) is 2.04. The molecule has 2 aromatic heterocycles. The van der Waals surface area contributed by atoms with E-state index < -0.39 is 0 Å². The van der Waals surface area contributed by atoms with Crippen molar-refractivity contribution in [3.05, 3.63) is 48.8 Å². The van der Waals surface area contributed by atoms with Crippen LogP contribution in [0.2, 0.25) is 0 Å². The number of aliphatic hydroxyl groups is 1. The van der Waals surface area contributed by atoms with Crippen molar-refractivity contribution in [2.45, 2.75) is 38.1 Å². The third-order valence-corrected chi connectivity index (χ3v) is 5.06. The number of nitrogens with zero attached hydrogens (tertiary/aromatic N) is 4. The Kier molecular flexibility index (Phi) is 4.08. The molecule has 0 spiro atoms. The summed E-state index contributed by atoms with van der Waals surface area (Å²) >= 11 is 0. The van der Waals surface area contributed by atoms with Crippen molar-refractivity contribution in [3.8, 4) is 0 Å². The summed E-state index contributed by atoms with van der Waals surface area (Å²) in [5.74, 6) is 1.48. The number of rotatable bonds is 5. The highest BCUT2D eigenvalue weighted by Gasteiger charge is 2.32. The maximum atomic E-state index is 10.4. The van der Waals surface area contributed by atoms with E-state index in [2.05, 4.69) is 30.5 Å². The van der Waals surface area contributed by atoms with Crippen molar-refractivity contribution >= 4 is 11.0 Å². The molecular formula is C18H23N5O. The predicted octanol–water partition coefficient (Wildman–Crippen LogP) is 1.70. The molecule has 1 aromatic carbocycles. The number of benzene rings is 1. The van der Waals surface area contributed by atoms with Crippen LogP contribution in [-0.4, -0.2) is 36.4 Å². The van der Waals surface area contributed by atoms with E-state index in [1.807, 2.05) is 37.8 Å². The molecule has 0 saturated heterocycles. The molecule has 0 bridgehead atoms. The van der Waals surface area contributed by atoms with Crippen LogP contribution in [-0.2, 0) is 20.1 Å². The van der Waals surface area contributed by atoms with Gasteiger partial charge in [0.15, 0.2) is 0 Å². The Morgan fingerprint density at radius 3 is 2.96 bits per heavy atom. The normalized spacial score (nSPS) is 24.0. The van der Waals surface area contributed by atoms with Gasteiger partial charge in [0.05, 0.1) is 30.0 Å². The SMILES string of the molecule is Cn1c(CN[C@@H]2CC(Cn3ccnc3)C[C@H]2O)nc2ccccc21. The number of fused-ring (bicyclic) bond motifs is 1. The molecule has 2 heterocycles. The summed E-state index contributed by atoms with van der Waals surface area (Å²) in [6, 6.07) is 8.27. The van der Waals surface area contributed by atoms with Gasteiger partial charge in [0, 0.05) is 32.0 Å². The number of hydrogen-bond donors (Lipinski definition) is 2. The average molecular weight is 325 g/mol. The highest BCUT2D eigenvalue weighted by Crippen LogP contribution is 2.28. The van der Waals surface area contributed by atoms with Gasteiger partial charge in [-0.2, -0.15) is 0 Å². The summed E-state index contributed by atoms with van der Waals surface area (Å²) in [5, 5.41) is 13.9. The lowest BCUT2D eigenvalue weighted by atomic mass is 10.1. The molecule has 1 aliphatic rings. The van der Waals surface area contributed by atoms with Crippen LogP contribution in [0, 0.1) is 5.92 Å². The van der Waals surface area contributed by atoms with Gasteiger partial charge in [0.25, 0.3) is 0 Å². The second-order valence-corrected chi connectivity index (χ2v) is 6.73. The van der Waals surface area contributed by atoms with Crippen molar-refractivity contribution in [3.63, 3.8) is 0 Å². The van der Waals surface area contributed by atoms with Gasteiger partial charge in [-0.1, -0.05) is 12.1 Å². The van der Waals surface area contributed by atoms with E-state index in [1.54, 1.807) is 6.20 Å². The molecule has 126 valence electrons. The third-order valence-electron chi connectivity index (χ3n) is 5.06. The second-order valence-electron chi connectivity index (χ2n) is 6.73. The summed E-state index contributed by atoms with van der Waals surface area (Å²) in [6.45, 7) is 1.59. The third kappa shape index (κ3) is 2.95. The van der Waals surface area contributed by atoms with E-state index in [9.17, 15) is 5.11 Å². The Labute approximate surface area is 141 Å². The van der Waals surface area contributed by atoms with Crippen LogP contribution in [0.25, 0.3) is 11.0 Å². The van der Waals surface area contributed by atoms with E-state index in [4.69, 9.17) is 0 Å². The monoisotopic (exact) mass is 325 g/mol. The number of imidazole rings is 2. The van der Waals surface area contributed by atoms with Crippen molar-refractivity contribution in [2.75, 3.05) is 0 Å². The van der Waals surface area contributed by atoms with Gasteiger partial charge in [0.2, 0.25) is 0 Å². The fourth-order valence-electron chi connectivity index (χ4n) is 3.76. The van der Waals surface area contributed by atoms with E-state index in [-0.39, 0.29) is 12.1 Å².